The van der Waals surface area contributed by atoms with Gasteiger partial charge >= 0.3 is 5.97 Å². The van der Waals surface area contributed by atoms with Gasteiger partial charge in [0.05, 0.1) is 6.42 Å². The largest absolute Gasteiger partial charge is 0.481 e. The summed E-state index contributed by atoms with van der Waals surface area (Å²) < 4.78 is 6.06. The van der Waals surface area contributed by atoms with E-state index in [1.165, 1.54) is 0 Å². The van der Waals surface area contributed by atoms with E-state index in [9.17, 15) is 4.79 Å². The molecule has 1 aliphatic rings. The van der Waals surface area contributed by atoms with Crippen molar-refractivity contribution >= 4 is 11.7 Å². The van der Waals surface area contributed by atoms with Crippen molar-refractivity contribution in [3.8, 4) is 11.5 Å². The number of hydrogen-bond donors (Lipinski definition) is 1. The summed E-state index contributed by atoms with van der Waals surface area (Å²) >= 11 is 0. The van der Waals surface area contributed by atoms with E-state index >= 15 is 0 Å². The first-order chi connectivity index (χ1) is 11.9. The predicted molar refractivity (Wildman–Crippen MR) is 99.6 cm³/mol. The molecule has 0 saturated carbocycles. The third-order valence-electron chi connectivity index (χ3n) is 4.83. The summed E-state index contributed by atoms with van der Waals surface area (Å²) in [7, 11) is 0. The number of para-hydroxylation sites is 1. The summed E-state index contributed by atoms with van der Waals surface area (Å²) in [6, 6.07) is 14.1. The monoisotopic (exact) mass is 339 g/mol. The first-order valence-electron chi connectivity index (χ1n) is 8.76. The number of hydrogen-bond acceptors (Lipinski definition) is 3. The molecule has 1 saturated heterocycles. The molecule has 132 valence electrons. The molecule has 2 aromatic rings. The number of carbonyl (C=O) groups is 1. The molecule has 0 radical (unpaired) electrons. The lowest BCUT2D eigenvalue weighted by molar-refractivity contribution is -0.137. The zero-order valence-corrected chi connectivity index (χ0v) is 15.0. The van der Waals surface area contributed by atoms with Gasteiger partial charge in [0.15, 0.2) is 0 Å². The van der Waals surface area contributed by atoms with Gasteiger partial charge in [-0.25, -0.2) is 0 Å². The van der Waals surface area contributed by atoms with Gasteiger partial charge in [0.25, 0.3) is 0 Å². The van der Waals surface area contributed by atoms with Crippen molar-refractivity contribution in [2.75, 3.05) is 11.4 Å². The van der Waals surface area contributed by atoms with Gasteiger partial charge in [0.2, 0.25) is 0 Å². The summed E-state index contributed by atoms with van der Waals surface area (Å²) in [6.07, 6.45) is 1.11. The van der Waals surface area contributed by atoms with Crippen LogP contribution in [-0.4, -0.2) is 23.7 Å². The molecule has 2 unspecified atom stereocenters. The molecule has 1 fully saturated rings. The van der Waals surface area contributed by atoms with E-state index in [1.807, 2.05) is 56.3 Å². The lowest BCUT2D eigenvalue weighted by atomic mass is 10.1. The predicted octanol–water partition coefficient (Wildman–Crippen LogP) is 4.79. The number of carboxylic acid groups (broad SMARTS) is 1. The van der Waals surface area contributed by atoms with Crippen molar-refractivity contribution < 1.29 is 14.6 Å². The van der Waals surface area contributed by atoms with Gasteiger partial charge in [0, 0.05) is 18.3 Å². The molecule has 0 bridgehead atoms. The highest BCUT2D eigenvalue weighted by Gasteiger charge is 2.31. The van der Waals surface area contributed by atoms with Crippen LogP contribution in [0.25, 0.3) is 0 Å². The summed E-state index contributed by atoms with van der Waals surface area (Å²) in [5.74, 6) is 1.46. The number of carboxylic acids is 1. The number of anilines is 1. The number of aliphatic carboxylic acids is 1. The van der Waals surface area contributed by atoms with Crippen LogP contribution in [0.15, 0.2) is 42.5 Å². The smallest absolute Gasteiger partial charge is 0.305 e. The first-order valence-corrected chi connectivity index (χ1v) is 8.76. The van der Waals surface area contributed by atoms with Crippen LogP contribution in [0.5, 0.6) is 11.5 Å². The van der Waals surface area contributed by atoms with Gasteiger partial charge in [-0.15, -0.1) is 0 Å². The Bertz CT molecular complexity index is 734. The molecule has 1 heterocycles. The van der Waals surface area contributed by atoms with Crippen molar-refractivity contribution in [3.63, 3.8) is 0 Å². The van der Waals surface area contributed by atoms with Crippen LogP contribution in [0.2, 0.25) is 0 Å². The maximum absolute atomic E-state index is 11.1. The Balaban J connectivity index is 1.77. The summed E-state index contributed by atoms with van der Waals surface area (Å²) in [5, 5.41) is 9.14. The Labute approximate surface area is 149 Å². The Hall–Kier alpha value is -2.49. The lowest BCUT2D eigenvalue weighted by Crippen LogP contribution is -2.31. The standard InChI is InChI=1S/C21H25NO3/c1-14-11-18(12-20(23)24)22(13-14)17-7-9-19(10-8-17)25-21-15(2)5-4-6-16(21)3/h4-10,14,18H,11-13H2,1-3H3,(H,23,24). The molecule has 2 atom stereocenters. The molecule has 0 aromatic heterocycles. The van der Waals surface area contributed by atoms with Gasteiger partial charge in [-0.2, -0.15) is 0 Å². The topological polar surface area (TPSA) is 49.8 Å². The van der Waals surface area contributed by atoms with E-state index < -0.39 is 5.97 Å². The minimum absolute atomic E-state index is 0.0675. The van der Waals surface area contributed by atoms with Crippen molar-refractivity contribution in [3.05, 3.63) is 53.6 Å². The minimum Gasteiger partial charge on any atom is -0.481 e. The average molecular weight is 339 g/mol. The Morgan fingerprint density at radius 1 is 1.16 bits per heavy atom. The van der Waals surface area contributed by atoms with E-state index in [-0.39, 0.29) is 12.5 Å². The van der Waals surface area contributed by atoms with Gasteiger partial charge < -0.3 is 14.7 Å². The normalized spacial score (nSPS) is 19.9. The molecule has 1 aliphatic heterocycles. The van der Waals surface area contributed by atoms with Crippen LogP contribution in [-0.2, 0) is 4.79 Å². The van der Waals surface area contributed by atoms with E-state index in [0.717, 1.165) is 41.3 Å². The lowest BCUT2D eigenvalue weighted by Gasteiger charge is -2.26. The van der Waals surface area contributed by atoms with Crippen molar-refractivity contribution in [1.29, 1.82) is 0 Å². The fourth-order valence-corrected chi connectivity index (χ4v) is 3.65. The Morgan fingerprint density at radius 3 is 2.40 bits per heavy atom. The fourth-order valence-electron chi connectivity index (χ4n) is 3.65. The van der Waals surface area contributed by atoms with Gasteiger partial charge in [-0.05, 0) is 61.6 Å². The molecule has 2 aromatic carbocycles. The minimum atomic E-state index is -0.737. The van der Waals surface area contributed by atoms with E-state index in [1.54, 1.807) is 0 Å². The van der Waals surface area contributed by atoms with Crippen LogP contribution in [0, 0.1) is 19.8 Å². The molecule has 4 heteroatoms. The van der Waals surface area contributed by atoms with Crippen LogP contribution < -0.4 is 9.64 Å². The molecule has 0 spiro atoms. The first kappa shape index (κ1) is 17.3. The molecule has 25 heavy (non-hydrogen) atoms. The molecule has 3 rings (SSSR count). The maximum atomic E-state index is 11.1. The second-order valence-corrected chi connectivity index (χ2v) is 7.06. The molecular formula is C21H25NO3. The molecule has 0 amide bonds. The zero-order valence-electron chi connectivity index (χ0n) is 15.0. The highest BCUT2D eigenvalue weighted by Crippen LogP contribution is 2.33. The number of aryl methyl sites for hydroxylation is 2. The zero-order chi connectivity index (χ0) is 18.0. The van der Waals surface area contributed by atoms with Crippen molar-refractivity contribution in [2.45, 2.75) is 39.7 Å². The molecular weight excluding hydrogens is 314 g/mol. The highest BCUT2D eigenvalue weighted by atomic mass is 16.5. The van der Waals surface area contributed by atoms with E-state index in [4.69, 9.17) is 9.84 Å². The SMILES string of the molecule is Cc1cccc(C)c1Oc1ccc(N2CC(C)CC2CC(=O)O)cc1. The Morgan fingerprint density at radius 2 is 1.80 bits per heavy atom. The molecule has 0 aliphatic carbocycles. The Kier molecular flexibility index (Phi) is 4.98. The maximum Gasteiger partial charge on any atom is 0.305 e. The van der Waals surface area contributed by atoms with Gasteiger partial charge in [-0.3, -0.25) is 4.79 Å². The summed E-state index contributed by atoms with van der Waals surface area (Å²) in [6.45, 7) is 7.15. The number of benzene rings is 2. The second-order valence-electron chi connectivity index (χ2n) is 7.06. The van der Waals surface area contributed by atoms with Crippen LogP contribution in [0.1, 0.15) is 30.9 Å². The molecule has 4 nitrogen and oxygen atoms in total. The quantitative estimate of drug-likeness (QED) is 0.851. The van der Waals surface area contributed by atoms with Gasteiger partial charge in [0.1, 0.15) is 11.5 Å². The third kappa shape index (κ3) is 3.95. The van der Waals surface area contributed by atoms with Crippen LogP contribution >= 0.6 is 0 Å². The molecule has 1 N–H and O–H groups in total. The van der Waals surface area contributed by atoms with Crippen molar-refractivity contribution in [1.82, 2.24) is 0 Å². The van der Waals surface area contributed by atoms with Crippen molar-refractivity contribution in [2.24, 2.45) is 5.92 Å². The van der Waals surface area contributed by atoms with E-state index in [2.05, 4.69) is 11.8 Å². The van der Waals surface area contributed by atoms with Gasteiger partial charge in [-0.1, -0.05) is 25.1 Å². The number of nitrogens with zero attached hydrogens (tertiary/aromatic N) is 1. The summed E-state index contributed by atoms with van der Waals surface area (Å²) in [4.78, 5) is 13.3. The van der Waals surface area contributed by atoms with Crippen LogP contribution in [0.3, 0.4) is 0 Å². The fraction of sp³-hybridized carbons (Fsp3) is 0.381. The highest BCUT2D eigenvalue weighted by molar-refractivity contribution is 5.69. The number of ether oxygens (including phenoxy) is 1. The third-order valence-corrected chi connectivity index (χ3v) is 4.83. The average Bonchev–Trinajstić information content (AvgIpc) is 2.91. The summed E-state index contributed by atoms with van der Waals surface area (Å²) in [5.41, 5.74) is 3.28. The second kappa shape index (κ2) is 7.18. The van der Waals surface area contributed by atoms with Crippen LogP contribution in [0.4, 0.5) is 5.69 Å². The van der Waals surface area contributed by atoms with E-state index in [0.29, 0.717) is 5.92 Å². The number of rotatable bonds is 5.